The molecule has 0 saturated heterocycles. The SMILES string of the molecule is COc1ccc(N)cc1CN. The van der Waals surface area contributed by atoms with Gasteiger partial charge in [0.05, 0.1) is 7.11 Å². The Bertz CT molecular complexity index is 248. The predicted octanol–water partition coefficient (Wildman–Crippen LogP) is 0.736. The lowest BCUT2D eigenvalue weighted by molar-refractivity contribution is 0.410. The molecule has 11 heavy (non-hydrogen) atoms. The van der Waals surface area contributed by atoms with Crippen LogP contribution in [0, 0.1) is 0 Å². The Balaban J connectivity index is 3.06. The largest absolute Gasteiger partial charge is 0.496 e. The highest BCUT2D eigenvalue weighted by Crippen LogP contribution is 2.19. The first-order valence-electron chi connectivity index (χ1n) is 3.40. The summed E-state index contributed by atoms with van der Waals surface area (Å²) in [5.41, 5.74) is 12.7. The number of methoxy groups -OCH3 is 1. The first kappa shape index (κ1) is 7.88. The molecule has 0 aliphatic rings. The van der Waals surface area contributed by atoms with Crippen molar-refractivity contribution in [3.63, 3.8) is 0 Å². The summed E-state index contributed by atoms with van der Waals surface area (Å²) in [6, 6.07) is 5.42. The molecule has 3 nitrogen and oxygen atoms in total. The van der Waals surface area contributed by atoms with Gasteiger partial charge in [-0.25, -0.2) is 0 Å². The van der Waals surface area contributed by atoms with Crippen molar-refractivity contribution >= 4 is 5.69 Å². The van der Waals surface area contributed by atoms with Crippen LogP contribution in [0.2, 0.25) is 0 Å². The number of anilines is 1. The van der Waals surface area contributed by atoms with Gasteiger partial charge in [-0.3, -0.25) is 0 Å². The van der Waals surface area contributed by atoms with Crippen molar-refractivity contribution < 1.29 is 4.74 Å². The standard InChI is InChI=1S/C8H12N2O/c1-11-8-3-2-7(10)4-6(8)5-9/h2-4H,5,9-10H2,1H3. The third-order valence-electron chi connectivity index (χ3n) is 1.52. The Morgan fingerprint density at radius 2 is 2.18 bits per heavy atom. The summed E-state index contributed by atoms with van der Waals surface area (Å²) in [5.74, 6) is 0.793. The van der Waals surface area contributed by atoms with E-state index in [1.165, 1.54) is 0 Å². The number of hydrogen-bond acceptors (Lipinski definition) is 3. The van der Waals surface area contributed by atoms with E-state index in [-0.39, 0.29) is 0 Å². The molecular formula is C8H12N2O. The van der Waals surface area contributed by atoms with Crippen LogP contribution >= 0.6 is 0 Å². The molecule has 0 radical (unpaired) electrons. The zero-order chi connectivity index (χ0) is 8.27. The monoisotopic (exact) mass is 152 g/mol. The lowest BCUT2D eigenvalue weighted by Gasteiger charge is -2.06. The Labute approximate surface area is 66.0 Å². The van der Waals surface area contributed by atoms with Gasteiger partial charge < -0.3 is 16.2 Å². The van der Waals surface area contributed by atoms with Gasteiger partial charge in [0.25, 0.3) is 0 Å². The van der Waals surface area contributed by atoms with Crippen molar-refractivity contribution in [1.82, 2.24) is 0 Å². The average Bonchev–Trinajstić information content (AvgIpc) is 2.04. The van der Waals surface area contributed by atoms with Gasteiger partial charge in [0.2, 0.25) is 0 Å². The first-order valence-corrected chi connectivity index (χ1v) is 3.40. The van der Waals surface area contributed by atoms with E-state index in [0.29, 0.717) is 12.2 Å². The fourth-order valence-electron chi connectivity index (χ4n) is 0.958. The fraction of sp³-hybridized carbons (Fsp3) is 0.250. The summed E-state index contributed by atoms with van der Waals surface area (Å²) >= 11 is 0. The van der Waals surface area contributed by atoms with Crippen molar-refractivity contribution in [3.05, 3.63) is 23.8 Å². The summed E-state index contributed by atoms with van der Waals surface area (Å²) in [6.45, 7) is 0.453. The van der Waals surface area contributed by atoms with Crippen LogP contribution in [0.4, 0.5) is 5.69 Å². The Kier molecular flexibility index (Phi) is 2.33. The van der Waals surface area contributed by atoms with Crippen molar-refractivity contribution in [2.24, 2.45) is 5.73 Å². The molecule has 0 amide bonds. The molecule has 0 aliphatic heterocycles. The van der Waals surface area contributed by atoms with Crippen LogP contribution in [0.25, 0.3) is 0 Å². The third kappa shape index (κ3) is 1.62. The quantitative estimate of drug-likeness (QED) is 0.614. The van der Waals surface area contributed by atoms with Crippen LogP contribution in [0.15, 0.2) is 18.2 Å². The van der Waals surface area contributed by atoms with E-state index in [0.717, 1.165) is 11.3 Å². The zero-order valence-electron chi connectivity index (χ0n) is 6.50. The van der Waals surface area contributed by atoms with E-state index in [9.17, 15) is 0 Å². The van der Waals surface area contributed by atoms with E-state index in [2.05, 4.69) is 0 Å². The molecule has 0 fully saturated rings. The van der Waals surface area contributed by atoms with Crippen LogP contribution in [0.3, 0.4) is 0 Å². The maximum atomic E-state index is 5.55. The van der Waals surface area contributed by atoms with Crippen molar-refractivity contribution in [2.45, 2.75) is 6.54 Å². The van der Waals surface area contributed by atoms with E-state index in [4.69, 9.17) is 16.2 Å². The van der Waals surface area contributed by atoms with Crippen LogP contribution in [0.5, 0.6) is 5.75 Å². The normalized spacial score (nSPS) is 9.64. The third-order valence-corrected chi connectivity index (χ3v) is 1.52. The molecule has 0 atom stereocenters. The number of nitrogens with two attached hydrogens (primary N) is 2. The molecule has 0 unspecified atom stereocenters. The van der Waals surface area contributed by atoms with Gasteiger partial charge in [0, 0.05) is 17.8 Å². The maximum Gasteiger partial charge on any atom is 0.123 e. The summed E-state index contributed by atoms with van der Waals surface area (Å²) in [5, 5.41) is 0. The minimum atomic E-state index is 0.453. The number of nitrogen functional groups attached to an aromatic ring is 1. The second-order valence-electron chi connectivity index (χ2n) is 2.28. The molecule has 60 valence electrons. The van der Waals surface area contributed by atoms with Gasteiger partial charge in [-0.05, 0) is 18.2 Å². The molecule has 1 rings (SSSR count). The summed E-state index contributed by atoms with van der Waals surface area (Å²) in [6.07, 6.45) is 0. The van der Waals surface area contributed by atoms with E-state index in [1.54, 1.807) is 13.2 Å². The van der Waals surface area contributed by atoms with E-state index >= 15 is 0 Å². The van der Waals surface area contributed by atoms with Crippen LogP contribution in [-0.2, 0) is 6.54 Å². The highest BCUT2D eigenvalue weighted by molar-refractivity contribution is 5.47. The summed E-state index contributed by atoms with van der Waals surface area (Å²) in [4.78, 5) is 0. The Hall–Kier alpha value is -1.22. The molecule has 0 spiro atoms. The van der Waals surface area contributed by atoms with Gasteiger partial charge in [0.15, 0.2) is 0 Å². The molecule has 0 saturated carbocycles. The van der Waals surface area contributed by atoms with E-state index in [1.807, 2.05) is 12.1 Å². The molecule has 0 heterocycles. The van der Waals surface area contributed by atoms with Crippen molar-refractivity contribution in [1.29, 1.82) is 0 Å². The lowest BCUT2D eigenvalue weighted by atomic mass is 10.2. The van der Waals surface area contributed by atoms with Gasteiger partial charge in [-0.15, -0.1) is 0 Å². The average molecular weight is 152 g/mol. The van der Waals surface area contributed by atoms with Crippen LogP contribution in [0.1, 0.15) is 5.56 Å². The number of benzene rings is 1. The van der Waals surface area contributed by atoms with Gasteiger partial charge in [-0.2, -0.15) is 0 Å². The molecule has 0 aliphatic carbocycles. The van der Waals surface area contributed by atoms with Crippen LogP contribution < -0.4 is 16.2 Å². The predicted molar refractivity (Wildman–Crippen MR) is 45.3 cm³/mol. The lowest BCUT2D eigenvalue weighted by Crippen LogP contribution is -2.00. The first-order chi connectivity index (χ1) is 5.27. The molecule has 1 aromatic carbocycles. The Morgan fingerprint density at radius 3 is 2.73 bits per heavy atom. The van der Waals surface area contributed by atoms with Gasteiger partial charge in [-0.1, -0.05) is 0 Å². The van der Waals surface area contributed by atoms with E-state index < -0.39 is 0 Å². The second kappa shape index (κ2) is 3.25. The molecule has 0 bridgehead atoms. The van der Waals surface area contributed by atoms with Crippen molar-refractivity contribution in [3.8, 4) is 5.75 Å². The number of ether oxygens (including phenoxy) is 1. The highest BCUT2D eigenvalue weighted by atomic mass is 16.5. The minimum absolute atomic E-state index is 0.453. The molecule has 4 N–H and O–H groups in total. The molecule has 1 aromatic rings. The molecular weight excluding hydrogens is 140 g/mol. The number of hydrogen-bond donors (Lipinski definition) is 2. The zero-order valence-corrected chi connectivity index (χ0v) is 6.50. The minimum Gasteiger partial charge on any atom is -0.496 e. The highest BCUT2D eigenvalue weighted by Gasteiger charge is 1.99. The number of rotatable bonds is 2. The molecule has 3 heteroatoms. The van der Waals surface area contributed by atoms with Crippen LogP contribution in [-0.4, -0.2) is 7.11 Å². The summed E-state index contributed by atoms with van der Waals surface area (Å²) in [7, 11) is 1.62. The van der Waals surface area contributed by atoms with Gasteiger partial charge in [0.1, 0.15) is 5.75 Å². The maximum absolute atomic E-state index is 5.55. The summed E-state index contributed by atoms with van der Waals surface area (Å²) < 4.78 is 5.06. The van der Waals surface area contributed by atoms with Gasteiger partial charge >= 0.3 is 0 Å². The topological polar surface area (TPSA) is 61.3 Å². The van der Waals surface area contributed by atoms with Crippen molar-refractivity contribution in [2.75, 3.05) is 12.8 Å². The Morgan fingerprint density at radius 1 is 1.45 bits per heavy atom. The second-order valence-corrected chi connectivity index (χ2v) is 2.28. The smallest absolute Gasteiger partial charge is 0.123 e. The fourth-order valence-corrected chi connectivity index (χ4v) is 0.958. The molecule has 0 aromatic heterocycles.